The molecule has 62 heavy (non-hydrogen) atoms. The number of phenols is 2. The molecular weight excluding hydrogens is 789 g/mol. The summed E-state index contributed by atoms with van der Waals surface area (Å²) in [4.78, 5) is 66.7. The van der Waals surface area contributed by atoms with Crippen LogP contribution in [0.15, 0.2) is 60.7 Å². The SMILES string of the molecule is Cc1cc2[nH]c1C=c1[nH]c(c(CCC(=O)O)c1C)=Cc1[nH]c(c(C)c1CCC(=O)O)C=c1cc(C)c([nH]1)=C2C(=O)[C@H](Cc1ccc(O)cc1)NC(=O)[C@@H](N)Cc1ccc(O)cc1. The van der Waals surface area contributed by atoms with Gasteiger partial charge in [-0.25, -0.2) is 0 Å². The molecule has 0 fully saturated rings. The van der Waals surface area contributed by atoms with Crippen LogP contribution in [0.1, 0.15) is 80.1 Å². The number of aromatic amines is 4. The van der Waals surface area contributed by atoms with E-state index in [0.29, 0.717) is 49.7 Å². The van der Waals surface area contributed by atoms with Crippen molar-refractivity contribution in [3.05, 3.63) is 149 Å². The first kappa shape index (κ1) is 42.8. The number of H-pyrrole nitrogens is 4. The molecule has 6 aromatic rings. The highest BCUT2D eigenvalue weighted by Gasteiger charge is 2.30. The first-order valence-corrected chi connectivity index (χ1v) is 20.4. The third kappa shape index (κ3) is 9.35. The highest BCUT2D eigenvalue weighted by Crippen LogP contribution is 2.24. The summed E-state index contributed by atoms with van der Waals surface area (Å²) < 4.78 is 0. The van der Waals surface area contributed by atoms with Gasteiger partial charge in [0.25, 0.3) is 0 Å². The number of nitrogens with one attached hydrogen (secondary N) is 5. The standard InChI is InChI=1S/C48H50N6O8/c1-24-18-41-45(47(61)42(20-29-7-11-32(56)12-8-29)54-48(62)35(49)19-28-5-9-31(55)10-6-28)46-25(2)17-30(50-46)21-37-26(3)33(13-15-43(57)58)39(52-37)23-40-34(14-16-44(59)60)27(4)38(53-40)22-36(24)51-41/h5-12,17-18,21-23,35,42,50-53,55-56H,13-16,19-20,49H2,1-4H3,(H,54,62)(H,57,58)(H,59,60)/t35-,42-/m0/s1. The Morgan fingerprint density at radius 3 is 1.87 bits per heavy atom. The van der Waals surface area contributed by atoms with E-state index in [9.17, 15) is 34.8 Å². The number of hydrogen-bond acceptors (Lipinski definition) is 7. The van der Waals surface area contributed by atoms with Gasteiger partial charge in [0, 0.05) is 52.4 Å². The van der Waals surface area contributed by atoms with Gasteiger partial charge in [-0.3, -0.25) is 19.2 Å². The van der Waals surface area contributed by atoms with Crippen molar-refractivity contribution in [1.29, 1.82) is 0 Å². The summed E-state index contributed by atoms with van der Waals surface area (Å²) in [7, 11) is 0. The number of carbonyl (C=O) groups excluding carboxylic acids is 2. The van der Waals surface area contributed by atoms with Crippen LogP contribution in [0, 0.1) is 27.7 Å². The Hall–Kier alpha value is -7.32. The van der Waals surface area contributed by atoms with Gasteiger partial charge in [0.05, 0.1) is 28.7 Å². The second-order valence-electron chi connectivity index (χ2n) is 16.0. The molecule has 1 aliphatic heterocycles. The quantitative estimate of drug-likeness (QED) is 0.0773. The van der Waals surface area contributed by atoms with E-state index in [0.717, 1.165) is 38.9 Å². The number of amides is 1. The first-order valence-electron chi connectivity index (χ1n) is 20.4. The number of phenolic OH excluding ortho intramolecular Hbond substituents is 2. The van der Waals surface area contributed by atoms with Crippen LogP contribution in [0.5, 0.6) is 11.5 Å². The molecule has 8 bridgehead atoms. The number of aryl methyl sites for hydroxylation is 2. The molecule has 14 nitrogen and oxygen atoms in total. The molecule has 1 aliphatic rings. The Labute approximate surface area is 356 Å². The number of aromatic hydroxyl groups is 2. The number of carboxylic acids is 2. The van der Waals surface area contributed by atoms with Crippen molar-refractivity contribution in [2.75, 3.05) is 0 Å². The Kier molecular flexibility index (Phi) is 12.2. The second-order valence-corrected chi connectivity index (χ2v) is 16.0. The van der Waals surface area contributed by atoms with Crippen molar-refractivity contribution in [3.63, 3.8) is 0 Å². The highest BCUT2D eigenvalue weighted by molar-refractivity contribution is 6.23. The zero-order chi connectivity index (χ0) is 44.4. The van der Waals surface area contributed by atoms with Gasteiger partial charge in [-0.1, -0.05) is 24.3 Å². The number of aromatic nitrogens is 4. The molecule has 7 rings (SSSR count). The summed E-state index contributed by atoms with van der Waals surface area (Å²) in [6.45, 7) is 7.63. The average Bonchev–Trinajstić information content (AvgIpc) is 3.93. The maximum absolute atomic E-state index is 15.3. The molecule has 1 amide bonds. The summed E-state index contributed by atoms with van der Waals surface area (Å²) in [5.74, 6) is -2.71. The minimum absolute atomic E-state index is 0.0506. The van der Waals surface area contributed by atoms with Crippen LogP contribution < -0.4 is 32.4 Å². The number of ketones is 1. The molecule has 2 aromatic carbocycles. The molecule has 4 aromatic heterocycles. The Bertz CT molecular complexity index is 2970. The molecule has 0 saturated carbocycles. The topological polar surface area (TPSA) is 250 Å². The molecule has 14 heteroatoms. The van der Waals surface area contributed by atoms with Crippen molar-refractivity contribution < 1.29 is 39.6 Å². The van der Waals surface area contributed by atoms with Crippen LogP contribution in [0.25, 0.3) is 23.8 Å². The molecule has 11 N–H and O–H groups in total. The van der Waals surface area contributed by atoms with Gasteiger partial charge in [0.15, 0.2) is 5.78 Å². The largest absolute Gasteiger partial charge is 0.508 e. The molecule has 0 unspecified atom stereocenters. The van der Waals surface area contributed by atoms with E-state index in [2.05, 4.69) is 25.3 Å². The minimum Gasteiger partial charge on any atom is -0.508 e. The zero-order valence-electron chi connectivity index (χ0n) is 34.9. The van der Waals surface area contributed by atoms with Crippen LogP contribution >= 0.6 is 0 Å². The number of carboxylic acid groups (broad SMARTS) is 2. The second kappa shape index (κ2) is 17.7. The number of Topliss-reactive ketones (excluding diaryl/α,β-unsaturated/α-hetero) is 1. The number of fused-ring (bicyclic) bond motifs is 8. The van der Waals surface area contributed by atoms with Crippen LogP contribution in [-0.2, 0) is 44.9 Å². The van der Waals surface area contributed by atoms with E-state index in [1.165, 1.54) is 24.3 Å². The fourth-order valence-corrected chi connectivity index (χ4v) is 8.12. The lowest BCUT2D eigenvalue weighted by Gasteiger charge is -2.22. The van der Waals surface area contributed by atoms with Crippen molar-refractivity contribution in [2.45, 2.75) is 78.3 Å². The van der Waals surface area contributed by atoms with Gasteiger partial charge < -0.3 is 51.4 Å². The van der Waals surface area contributed by atoms with Crippen LogP contribution in [0.3, 0.4) is 0 Å². The van der Waals surface area contributed by atoms with E-state index in [1.54, 1.807) is 24.3 Å². The van der Waals surface area contributed by atoms with E-state index in [4.69, 9.17) is 5.73 Å². The zero-order valence-corrected chi connectivity index (χ0v) is 34.9. The number of hydrogen-bond donors (Lipinski definition) is 10. The number of carbonyl (C=O) groups is 4. The lowest BCUT2D eigenvalue weighted by molar-refractivity contribution is -0.138. The highest BCUT2D eigenvalue weighted by atomic mass is 16.4. The van der Waals surface area contributed by atoms with Gasteiger partial charge in [0.2, 0.25) is 5.91 Å². The van der Waals surface area contributed by atoms with E-state index < -0.39 is 35.7 Å². The van der Waals surface area contributed by atoms with E-state index in [-0.39, 0.29) is 55.6 Å². The van der Waals surface area contributed by atoms with E-state index in [1.807, 2.05) is 58.1 Å². The number of aliphatic carboxylic acids is 2. The molecule has 0 aliphatic carbocycles. The molecule has 0 saturated heterocycles. The number of nitrogens with two attached hydrogens (primary N) is 1. The molecule has 5 heterocycles. The minimum atomic E-state index is -1.12. The summed E-state index contributed by atoms with van der Waals surface area (Å²) in [6, 6.07) is 14.4. The van der Waals surface area contributed by atoms with Crippen molar-refractivity contribution in [1.82, 2.24) is 25.3 Å². The molecule has 2 atom stereocenters. The number of rotatable bonds is 14. The fraction of sp³-hybridized carbons (Fsp3) is 0.250. The fourth-order valence-electron chi connectivity index (χ4n) is 8.12. The first-order chi connectivity index (χ1) is 29.5. The monoisotopic (exact) mass is 838 g/mol. The molecule has 0 radical (unpaired) electrons. The van der Waals surface area contributed by atoms with Gasteiger partial charge in [-0.15, -0.1) is 0 Å². The van der Waals surface area contributed by atoms with Gasteiger partial charge in [0.1, 0.15) is 11.5 Å². The number of benzene rings is 2. The predicted molar refractivity (Wildman–Crippen MR) is 234 cm³/mol. The summed E-state index contributed by atoms with van der Waals surface area (Å²) >= 11 is 0. The average molecular weight is 839 g/mol. The van der Waals surface area contributed by atoms with Crippen LogP contribution in [-0.4, -0.2) is 76.1 Å². The Balaban J connectivity index is 1.43. The predicted octanol–water partition coefficient (Wildman–Crippen LogP) is 2.54. The molecule has 320 valence electrons. The maximum Gasteiger partial charge on any atom is 0.303 e. The normalized spacial score (nSPS) is 13.1. The smallest absolute Gasteiger partial charge is 0.303 e. The van der Waals surface area contributed by atoms with Crippen LogP contribution in [0.2, 0.25) is 0 Å². The van der Waals surface area contributed by atoms with Crippen molar-refractivity contribution >= 4 is 47.4 Å². The lowest BCUT2D eigenvalue weighted by atomic mass is 9.94. The van der Waals surface area contributed by atoms with Crippen LogP contribution in [0.4, 0.5) is 0 Å². The third-order valence-corrected chi connectivity index (χ3v) is 11.6. The third-order valence-electron chi connectivity index (χ3n) is 11.6. The lowest BCUT2D eigenvalue weighted by Crippen LogP contribution is -2.50. The maximum atomic E-state index is 15.3. The van der Waals surface area contributed by atoms with Crippen molar-refractivity contribution in [2.24, 2.45) is 5.73 Å². The Morgan fingerprint density at radius 2 is 1.24 bits per heavy atom. The van der Waals surface area contributed by atoms with Gasteiger partial charge >= 0.3 is 11.9 Å². The summed E-state index contributed by atoms with van der Waals surface area (Å²) in [5.41, 5.74) is 15.5. The molecular formula is C48H50N6O8. The van der Waals surface area contributed by atoms with Gasteiger partial charge in [-0.05, 0) is 146 Å². The van der Waals surface area contributed by atoms with Crippen molar-refractivity contribution in [3.8, 4) is 11.5 Å². The van der Waals surface area contributed by atoms with Gasteiger partial charge in [-0.2, -0.15) is 0 Å². The van der Waals surface area contributed by atoms with E-state index >= 15 is 4.79 Å². The summed E-state index contributed by atoms with van der Waals surface area (Å²) in [5, 5.41) is 44.6. The molecule has 0 spiro atoms. The summed E-state index contributed by atoms with van der Waals surface area (Å²) in [6.07, 6.45) is 6.25. The Morgan fingerprint density at radius 1 is 0.645 bits per heavy atom.